The maximum Gasteiger partial charge on any atom is 0.330 e. The third kappa shape index (κ3) is 6.94. The number of allylic oxidation sites excluding steroid dienone is 4. The summed E-state index contributed by atoms with van der Waals surface area (Å²) < 4.78 is 28.5. The van der Waals surface area contributed by atoms with Crippen molar-refractivity contribution in [3.63, 3.8) is 0 Å². The van der Waals surface area contributed by atoms with E-state index < -0.39 is 29.3 Å². The second-order valence-electron chi connectivity index (χ2n) is 8.29. The molecule has 0 spiro atoms. The average Bonchev–Trinajstić information content (AvgIpc) is 2.82. The van der Waals surface area contributed by atoms with Gasteiger partial charge in [0.25, 0.3) is 11.7 Å². The third-order valence-corrected chi connectivity index (χ3v) is 5.60. The van der Waals surface area contributed by atoms with E-state index in [-0.39, 0.29) is 12.0 Å². The quantitative estimate of drug-likeness (QED) is 0.402. The van der Waals surface area contributed by atoms with Gasteiger partial charge in [0, 0.05) is 12.0 Å². The van der Waals surface area contributed by atoms with Crippen molar-refractivity contribution in [3.8, 4) is 11.1 Å². The molecule has 5 nitrogen and oxygen atoms in total. The number of nitrogens with one attached hydrogen (secondary N) is 1. The van der Waals surface area contributed by atoms with Gasteiger partial charge in [-0.15, -0.1) is 0 Å². The molecule has 0 saturated heterocycles. The van der Waals surface area contributed by atoms with Crippen molar-refractivity contribution in [3.05, 3.63) is 83.6 Å². The molecule has 0 aromatic heterocycles. The Balaban J connectivity index is 1.59. The number of aliphatic carboxylic acids is 1. The van der Waals surface area contributed by atoms with Crippen LogP contribution in [0.15, 0.2) is 78.0 Å². The monoisotopic (exact) mass is 467 g/mol. The molecule has 178 valence electrons. The van der Waals surface area contributed by atoms with Gasteiger partial charge >= 0.3 is 11.9 Å². The minimum absolute atomic E-state index is 0.125. The Kier molecular flexibility index (Phi) is 8.46. The van der Waals surface area contributed by atoms with E-state index in [0.717, 1.165) is 30.4 Å². The number of rotatable bonds is 11. The molecule has 7 heteroatoms. The van der Waals surface area contributed by atoms with Crippen LogP contribution in [0, 0.1) is 0 Å². The Morgan fingerprint density at radius 3 is 2.15 bits per heavy atom. The van der Waals surface area contributed by atoms with Gasteiger partial charge in [-0.1, -0.05) is 61.7 Å². The molecule has 0 saturated carbocycles. The van der Waals surface area contributed by atoms with Crippen LogP contribution >= 0.6 is 0 Å². The molecular weight excluding hydrogens is 440 g/mol. The van der Waals surface area contributed by atoms with E-state index in [4.69, 9.17) is 5.11 Å². The smallest absolute Gasteiger partial charge is 0.330 e. The molecule has 0 bridgehead atoms. The van der Waals surface area contributed by atoms with Crippen LogP contribution in [-0.2, 0) is 9.59 Å². The maximum atomic E-state index is 14.3. The number of ketones is 1. The number of carbonyl (C=O) groups is 3. The zero-order valence-corrected chi connectivity index (χ0v) is 18.7. The van der Waals surface area contributed by atoms with Gasteiger partial charge in [-0.2, -0.15) is 8.78 Å². The molecule has 0 aliphatic heterocycles. The van der Waals surface area contributed by atoms with Crippen molar-refractivity contribution in [2.45, 2.75) is 50.9 Å². The van der Waals surface area contributed by atoms with Crippen molar-refractivity contribution < 1.29 is 28.3 Å². The van der Waals surface area contributed by atoms with Gasteiger partial charge in [-0.05, 0) is 60.2 Å². The van der Waals surface area contributed by atoms with E-state index in [1.54, 1.807) is 24.3 Å². The predicted molar refractivity (Wildman–Crippen MR) is 125 cm³/mol. The second-order valence-corrected chi connectivity index (χ2v) is 8.29. The molecule has 2 aromatic carbocycles. The summed E-state index contributed by atoms with van der Waals surface area (Å²) in [4.78, 5) is 35.3. The number of benzene rings is 2. The fourth-order valence-electron chi connectivity index (χ4n) is 3.78. The van der Waals surface area contributed by atoms with E-state index in [9.17, 15) is 23.2 Å². The number of halogens is 2. The molecule has 1 aliphatic rings. The summed E-state index contributed by atoms with van der Waals surface area (Å²) in [7, 11) is 0. The second kappa shape index (κ2) is 11.5. The molecule has 0 radical (unpaired) electrons. The first-order valence-electron chi connectivity index (χ1n) is 11.3. The van der Waals surface area contributed by atoms with Crippen molar-refractivity contribution in [1.82, 2.24) is 5.32 Å². The number of hydrogen-bond donors (Lipinski definition) is 2. The highest BCUT2D eigenvalue weighted by Crippen LogP contribution is 2.30. The van der Waals surface area contributed by atoms with Crippen LogP contribution in [0.5, 0.6) is 0 Å². The summed E-state index contributed by atoms with van der Waals surface area (Å²) in [5, 5.41) is 11.0. The van der Waals surface area contributed by atoms with Crippen molar-refractivity contribution in [2.75, 3.05) is 0 Å². The van der Waals surface area contributed by atoms with Crippen molar-refractivity contribution in [1.29, 1.82) is 0 Å². The largest absolute Gasteiger partial charge is 0.481 e. The zero-order chi connectivity index (χ0) is 24.6. The van der Waals surface area contributed by atoms with Crippen LogP contribution in [0.4, 0.5) is 8.78 Å². The topological polar surface area (TPSA) is 83.5 Å². The lowest BCUT2D eigenvalue weighted by molar-refractivity contribution is -0.137. The number of carbonyl (C=O) groups excluding carboxylic acids is 2. The van der Waals surface area contributed by atoms with Gasteiger partial charge in [0.15, 0.2) is 0 Å². The molecular formula is C27H27F2NO4. The Labute approximate surface area is 197 Å². The molecule has 0 fully saturated rings. The highest BCUT2D eigenvalue weighted by atomic mass is 19.3. The standard InChI is InChI=1S/C27H27F2NO4/c28-27(29)18-19(9-5-2-1-3-8-12-24(31)32)17-23(25(27)33)30-26(34)22-15-13-21(14-16-22)20-10-6-4-7-11-20/h4,6-7,10-11,13-18H,1-3,5,8-9,12H2,(H,30,34)(H,31,32). The summed E-state index contributed by atoms with van der Waals surface area (Å²) in [5.74, 6) is -6.56. The lowest BCUT2D eigenvalue weighted by Crippen LogP contribution is -2.38. The van der Waals surface area contributed by atoms with Crippen LogP contribution in [0.2, 0.25) is 0 Å². The highest BCUT2D eigenvalue weighted by molar-refractivity contribution is 6.08. The van der Waals surface area contributed by atoms with Crippen molar-refractivity contribution >= 4 is 17.7 Å². The first-order chi connectivity index (χ1) is 16.3. The highest BCUT2D eigenvalue weighted by Gasteiger charge is 2.41. The third-order valence-electron chi connectivity index (χ3n) is 5.60. The fourth-order valence-corrected chi connectivity index (χ4v) is 3.78. The van der Waals surface area contributed by atoms with Crippen molar-refractivity contribution in [2.24, 2.45) is 0 Å². The number of alkyl halides is 2. The molecule has 1 amide bonds. The number of carboxylic acids is 1. The lowest BCUT2D eigenvalue weighted by atomic mass is 9.95. The summed E-state index contributed by atoms with van der Waals surface area (Å²) in [6.45, 7) is 0. The number of hydrogen-bond acceptors (Lipinski definition) is 3. The molecule has 0 heterocycles. The van der Waals surface area contributed by atoms with Crippen LogP contribution < -0.4 is 5.32 Å². The first-order valence-corrected chi connectivity index (χ1v) is 11.3. The molecule has 0 atom stereocenters. The Bertz CT molecular complexity index is 1090. The first kappa shape index (κ1) is 25.0. The Morgan fingerprint density at radius 1 is 0.853 bits per heavy atom. The van der Waals surface area contributed by atoms with Gasteiger partial charge in [0.05, 0.1) is 5.70 Å². The predicted octanol–water partition coefficient (Wildman–Crippen LogP) is 5.93. The number of Topliss-reactive ketones (excluding diaryl/α,β-unsaturated/α-hetero) is 1. The van der Waals surface area contributed by atoms with Crippen LogP contribution in [0.1, 0.15) is 55.3 Å². The summed E-state index contributed by atoms with van der Waals surface area (Å²) in [6, 6.07) is 16.3. The van der Waals surface area contributed by atoms with Gasteiger partial charge in [0.2, 0.25) is 0 Å². The number of amides is 1. The van der Waals surface area contributed by atoms with E-state index in [1.807, 2.05) is 30.3 Å². The summed E-state index contributed by atoms with van der Waals surface area (Å²) in [6.07, 6.45) is 5.99. The van der Waals surface area contributed by atoms with E-state index in [0.29, 0.717) is 30.9 Å². The van der Waals surface area contributed by atoms with E-state index in [2.05, 4.69) is 5.32 Å². The summed E-state index contributed by atoms with van der Waals surface area (Å²) in [5.41, 5.74) is 2.03. The van der Waals surface area contributed by atoms with Crippen LogP contribution in [0.3, 0.4) is 0 Å². The van der Waals surface area contributed by atoms with Gasteiger partial charge in [0.1, 0.15) is 0 Å². The molecule has 3 rings (SSSR count). The average molecular weight is 468 g/mol. The molecule has 34 heavy (non-hydrogen) atoms. The van der Waals surface area contributed by atoms with Gasteiger partial charge < -0.3 is 10.4 Å². The van der Waals surface area contributed by atoms with Gasteiger partial charge in [-0.3, -0.25) is 14.4 Å². The van der Waals surface area contributed by atoms with E-state index in [1.165, 1.54) is 6.08 Å². The number of unbranched alkanes of at least 4 members (excludes halogenated alkanes) is 4. The molecule has 0 unspecified atom stereocenters. The molecule has 1 aliphatic carbocycles. The molecule has 2 N–H and O–H groups in total. The normalized spacial score (nSPS) is 14.8. The Morgan fingerprint density at radius 2 is 1.47 bits per heavy atom. The molecule has 2 aromatic rings. The lowest BCUT2D eigenvalue weighted by Gasteiger charge is -2.21. The SMILES string of the molecule is O=C(O)CCCCCCCC1=CC(F)(F)C(=O)C(NC(=O)c2ccc(-c3ccccc3)cc2)=C1. The zero-order valence-electron chi connectivity index (χ0n) is 18.7. The minimum Gasteiger partial charge on any atom is -0.481 e. The van der Waals surface area contributed by atoms with E-state index >= 15 is 0 Å². The van der Waals surface area contributed by atoms with Crippen LogP contribution in [0.25, 0.3) is 11.1 Å². The van der Waals surface area contributed by atoms with Crippen LogP contribution in [-0.4, -0.2) is 28.7 Å². The van der Waals surface area contributed by atoms with Gasteiger partial charge in [-0.25, -0.2) is 0 Å². The fraction of sp³-hybridized carbons (Fsp3) is 0.296. The summed E-state index contributed by atoms with van der Waals surface area (Å²) >= 11 is 0. The minimum atomic E-state index is -3.68. The maximum absolute atomic E-state index is 14.3. The Hall–Kier alpha value is -3.61. The number of carboxylic acid groups (broad SMARTS) is 1.